The maximum absolute atomic E-state index is 3.50. The Morgan fingerprint density at radius 3 is 2.47 bits per heavy atom. The van der Waals surface area contributed by atoms with E-state index in [2.05, 4.69) is 69.3 Å². The zero-order valence-electron chi connectivity index (χ0n) is 11.9. The number of benzene rings is 1. The predicted molar refractivity (Wildman–Crippen MR) is 76.4 cm³/mol. The molecule has 2 nitrogen and oxygen atoms in total. The minimum Gasteiger partial charge on any atom is -0.385 e. The molecule has 0 bridgehead atoms. The second kappa shape index (κ2) is 6.06. The maximum atomic E-state index is 3.50. The van der Waals surface area contributed by atoms with Gasteiger partial charge in [-0.25, -0.2) is 0 Å². The molecule has 1 rings (SSSR count). The molecule has 96 valence electrons. The third kappa shape index (κ3) is 6.32. The molecule has 0 aliphatic rings. The van der Waals surface area contributed by atoms with Gasteiger partial charge < -0.3 is 10.2 Å². The predicted octanol–water partition coefficient (Wildman–Crippen LogP) is 3.60. The van der Waals surface area contributed by atoms with Crippen molar-refractivity contribution < 1.29 is 0 Å². The van der Waals surface area contributed by atoms with Crippen molar-refractivity contribution in [3.8, 4) is 0 Å². The summed E-state index contributed by atoms with van der Waals surface area (Å²) in [5.74, 6) is 0. The minimum atomic E-state index is 0.397. The fourth-order valence-corrected chi connectivity index (χ4v) is 1.73. The molecular formula is C15H26N2. The van der Waals surface area contributed by atoms with Gasteiger partial charge in [0.15, 0.2) is 0 Å². The van der Waals surface area contributed by atoms with Gasteiger partial charge in [0.1, 0.15) is 0 Å². The third-order valence-electron chi connectivity index (χ3n) is 2.63. The second-order valence-electron chi connectivity index (χ2n) is 6.18. The molecule has 0 aliphatic heterocycles. The van der Waals surface area contributed by atoms with Gasteiger partial charge in [0.25, 0.3) is 0 Å². The highest BCUT2D eigenvalue weighted by Gasteiger charge is 2.08. The Labute approximate surface area is 106 Å². The van der Waals surface area contributed by atoms with Crippen molar-refractivity contribution in [2.45, 2.75) is 33.7 Å². The lowest BCUT2D eigenvalue weighted by atomic mass is 9.92. The highest BCUT2D eigenvalue weighted by atomic mass is 15.0. The zero-order valence-corrected chi connectivity index (χ0v) is 11.9. The van der Waals surface area contributed by atoms with Crippen molar-refractivity contribution in [2.75, 3.05) is 26.0 Å². The first-order chi connectivity index (χ1) is 7.87. The molecule has 0 saturated heterocycles. The van der Waals surface area contributed by atoms with Crippen LogP contribution in [0.25, 0.3) is 0 Å². The van der Waals surface area contributed by atoms with Crippen LogP contribution in [-0.4, -0.2) is 25.5 Å². The Morgan fingerprint density at radius 2 is 1.88 bits per heavy atom. The molecule has 2 heteroatoms. The summed E-state index contributed by atoms with van der Waals surface area (Å²) in [5.41, 5.74) is 2.98. The van der Waals surface area contributed by atoms with Crippen molar-refractivity contribution in [3.05, 3.63) is 29.8 Å². The van der Waals surface area contributed by atoms with Crippen molar-refractivity contribution >= 4 is 5.69 Å². The summed E-state index contributed by atoms with van der Waals surface area (Å²) in [6.07, 6.45) is 1.19. The van der Waals surface area contributed by atoms with E-state index in [1.165, 1.54) is 17.7 Å². The Bertz CT molecular complexity index is 337. The highest BCUT2D eigenvalue weighted by Crippen LogP contribution is 2.19. The first-order valence-electron chi connectivity index (χ1n) is 6.34. The van der Waals surface area contributed by atoms with Crippen LogP contribution in [0.5, 0.6) is 0 Å². The lowest BCUT2D eigenvalue weighted by Crippen LogP contribution is -2.13. The molecule has 0 atom stereocenters. The highest BCUT2D eigenvalue weighted by molar-refractivity contribution is 5.45. The third-order valence-corrected chi connectivity index (χ3v) is 2.63. The van der Waals surface area contributed by atoms with Gasteiger partial charge in [-0.2, -0.15) is 0 Å². The molecule has 0 radical (unpaired) electrons. The fourth-order valence-electron chi connectivity index (χ4n) is 1.73. The second-order valence-corrected chi connectivity index (χ2v) is 6.18. The molecule has 0 fully saturated rings. The molecular weight excluding hydrogens is 208 g/mol. The molecule has 1 aromatic rings. The Hall–Kier alpha value is -1.02. The quantitative estimate of drug-likeness (QED) is 0.837. The van der Waals surface area contributed by atoms with Gasteiger partial charge in [0.05, 0.1) is 0 Å². The molecule has 0 amide bonds. The molecule has 17 heavy (non-hydrogen) atoms. The lowest BCUT2D eigenvalue weighted by molar-refractivity contribution is 0.389. The lowest BCUT2D eigenvalue weighted by Gasteiger charge is -2.19. The Morgan fingerprint density at radius 1 is 1.18 bits per heavy atom. The van der Waals surface area contributed by atoms with E-state index >= 15 is 0 Å². The van der Waals surface area contributed by atoms with Gasteiger partial charge >= 0.3 is 0 Å². The maximum Gasteiger partial charge on any atom is 0.0343 e. The van der Waals surface area contributed by atoms with E-state index in [0.717, 1.165) is 13.1 Å². The summed E-state index contributed by atoms with van der Waals surface area (Å²) in [4.78, 5) is 2.19. The van der Waals surface area contributed by atoms with Gasteiger partial charge in [-0.15, -0.1) is 0 Å². The number of nitrogens with one attached hydrogen (secondary N) is 1. The molecule has 0 heterocycles. The molecule has 0 unspecified atom stereocenters. The first-order valence-corrected chi connectivity index (χ1v) is 6.34. The van der Waals surface area contributed by atoms with Crippen molar-refractivity contribution in [1.29, 1.82) is 0 Å². The topological polar surface area (TPSA) is 15.3 Å². The number of rotatable bonds is 5. The largest absolute Gasteiger partial charge is 0.385 e. The van der Waals surface area contributed by atoms with Gasteiger partial charge in [0.2, 0.25) is 0 Å². The normalized spacial score (nSPS) is 11.9. The van der Waals surface area contributed by atoms with Crippen molar-refractivity contribution in [1.82, 2.24) is 4.90 Å². The Balaban J connectivity index is 2.48. The van der Waals surface area contributed by atoms with Gasteiger partial charge in [0, 0.05) is 18.8 Å². The van der Waals surface area contributed by atoms with Crippen LogP contribution in [0.1, 0.15) is 32.8 Å². The van der Waals surface area contributed by atoms with E-state index in [-0.39, 0.29) is 0 Å². The average Bonchev–Trinajstić information content (AvgIpc) is 2.15. The van der Waals surface area contributed by atoms with Crippen LogP contribution >= 0.6 is 0 Å². The summed E-state index contributed by atoms with van der Waals surface area (Å²) in [6, 6.07) is 8.68. The molecule has 1 aromatic carbocycles. The molecule has 0 spiro atoms. The minimum absolute atomic E-state index is 0.397. The smallest absolute Gasteiger partial charge is 0.0343 e. The van der Waals surface area contributed by atoms with Crippen LogP contribution in [0.15, 0.2) is 24.3 Å². The van der Waals surface area contributed by atoms with E-state index in [1.807, 2.05) is 0 Å². The van der Waals surface area contributed by atoms with Gasteiger partial charge in [-0.1, -0.05) is 32.9 Å². The summed E-state index contributed by atoms with van der Waals surface area (Å²) < 4.78 is 0. The number of hydrogen-bond donors (Lipinski definition) is 1. The summed E-state index contributed by atoms with van der Waals surface area (Å²) >= 11 is 0. The van der Waals surface area contributed by atoms with E-state index in [1.54, 1.807) is 0 Å². The average molecular weight is 234 g/mol. The van der Waals surface area contributed by atoms with Crippen molar-refractivity contribution in [2.24, 2.45) is 5.41 Å². The van der Waals surface area contributed by atoms with Crippen LogP contribution in [0, 0.1) is 5.41 Å². The molecule has 0 aromatic heterocycles. The SMILES string of the molecule is CN(C)Cc1cccc(NCCC(C)(C)C)c1. The summed E-state index contributed by atoms with van der Waals surface area (Å²) in [6.45, 7) is 8.86. The first kappa shape index (κ1) is 14.0. The molecule has 1 N–H and O–H groups in total. The van der Waals surface area contributed by atoms with E-state index in [0.29, 0.717) is 5.41 Å². The number of anilines is 1. The van der Waals surface area contributed by atoms with Gasteiger partial charge in [-0.3, -0.25) is 0 Å². The van der Waals surface area contributed by atoms with E-state index < -0.39 is 0 Å². The van der Waals surface area contributed by atoms with Crippen molar-refractivity contribution in [3.63, 3.8) is 0 Å². The van der Waals surface area contributed by atoms with E-state index in [9.17, 15) is 0 Å². The van der Waals surface area contributed by atoms with Crippen LogP contribution in [0.4, 0.5) is 5.69 Å². The van der Waals surface area contributed by atoms with E-state index in [4.69, 9.17) is 0 Å². The van der Waals surface area contributed by atoms with Crippen LogP contribution in [0.3, 0.4) is 0 Å². The number of nitrogens with zero attached hydrogens (tertiary/aromatic N) is 1. The van der Waals surface area contributed by atoms with Crippen LogP contribution in [0.2, 0.25) is 0 Å². The summed E-state index contributed by atoms with van der Waals surface area (Å²) in [5, 5.41) is 3.50. The molecule has 0 saturated carbocycles. The Kier molecular flexibility index (Phi) is 5.01. The zero-order chi connectivity index (χ0) is 12.9. The van der Waals surface area contributed by atoms with Crippen LogP contribution < -0.4 is 5.32 Å². The van der Waals surface area contributed by atoms with Crippen LogP contribution in [-0.2, 0) is 6.54 Å². The monoisotopic (exact) mass is 234 g/mol. The number of hydrogen-bond acceptors (Lipinski definition) is 2. The fraction of sp³-hybridized carbons (Fsp3) is 0.600. The standard InChI is InChI=1S/C15H26N2/c1-15(2,3)9-10-16-14-8-6-7-13(11-14)12-17(4)5/h6-8,11,16H,9-10,12H2,1-5H3. The van der Waals surface area contributed by atoms with Gasteiger partial charge in [-0.05, 0) is 43.6 Å². The summed E-state index contributed by atoms with van der Waals surface area (Å²) in [7, 11) is 4.19. The molecule has 0 aliphatic carbocycles.